The highest BCUT2D eigenvalue weighted by Gasteiger charge is 2.31. The van der Waals surface area contributed by atoms with Crippen molar-refractivity contribution in [1.82, 2.24) is 19.7 Å². The molecule has 0 aliphatic carbocycles. The number of ether oxygens (including phenoxy) is 1. The average molecular weight is 410 g/mol. The third kappa shape index (κ3) is 3.67. The molecule has 7 nitrogen and oxygen atoms in total. The van der Waals surface area contributed by atoms with Crippen LogP contribution in [0.1, 0.15) is 51.5 Å². The summed E-state index contributed by atoms with van der Waals surface area (Å²) in [5.41, 5.74) is 4.31. The van der Waals surface area contributed by atoms with E-state index in [1.807, 2.05) is 29.1 Å². The number of hydrogen-bond acceptors (Lipinski definition) is 6. The Morgan fingerprint density at radius 2 is 2.24 bits per heavy atom. The first-order chi connectivity index (χ1) is 14.0. The van der Waals surface area contributed by atoms with Gasteiger partial charge in [0.15, 0.2) is 10.9 Å². The molecule has 8 heteroatoms. The van der Waals surface area contributed by atoms with Crippen LogP contribution in [0.3, 0.4) is 0 Å². The molecule has 0 radical (unpaired) electrons. The van der Waals surface area contributed by atoms with Gasteiger partial charge in [0.25, 0.3) is 0 Å². The number of pyridine rings is 1. The van der Waals surface area contributed by atoms with Gasteiger partial charge in [-0.2, -0.15) is 5.10 Å². The van der Waals surface area contributed by atoms with E-state index >= 15 is 0 Å². The van der Waals surface area contributed by atoms with Crippen LogP contribution in [0.25, 0.3) is 27.9 Å². The molecule has 0 spiro atoms. The van der Waals surface area contributed by atoms with Gasteiger partial charge < -0.3 is 10.1 Å². The molecule has 4 heterocycles. The number of aromatic nitrogens is 4. The molecule has 1 amide bonds. The Morgan fingerprint density at radius 3 is 2.90 bits per heavy atom. The van der Waals surface area contributed by atoms with Gasteiger partial charge in [-0.1, -0.05) is 24.3 Å². The first-order valence-corrected chi connectivity index (χ1v) is 10.5. The summed E-state index contributed by atoms with van der Waals surface area (Å²) >= 11 is 1.45. The Bertz CT molecular complexity index is 1080. The molecule has 1 N–H and O–H groups in total. The Morgan fingerprint density at radius 1 is 1.41 bits per heavy atom. The number of nitrogens with one attached hydrogen (secondary N) is 1. The number of amides is 1. The van der Waals surface area contributed by atoms with Gasteiger partial charge in [-0.25, -0.2) is 4.98 Å². The predicted molar refractivity (Wildman–Crippen MR) is 115 cm³/mol. The molecular weight excluding hydrogens is 386 g/mol. The number of hydrogen-bond donors (Lipinski definition) is 1. The standard InChI is InChI=1S/C21H23N5O2S/c1-5-6-7-15-9-8-14(10-22-15)17-19-18(26(25-17)12(2)3)20-16(11-28-19)24-21(29-20)23-13(4)27/h6-10,12H,5,11H2,1-4H3,(H,23,24,27). The first-order valence-electron chi connectivity index (χ1n) is 9.63. The molecule has 1 aliphatic heterocycles. The second-order valence-corrected chi connectivity index (χ2v) is 8.11. The zero-order chi connectivity index (χ0) is 20.5. The third-order valence-corrected chi connectivity index (χ3v) is 5.51. The van der Waals surface area contributed by atoms with Crippen molar-refractivity contribution < 1.29 is 9.53 Å². The van der Waals surface area contributed by atoms with Gasteiger partial charge >= 0.3 is 0 Å². The highest BCUT2D eigenvalue weighted by molar-refractivity contribution is 7.19. The van der Waals surface area contributed by atoms with Gasteiger partial charge in [-0.15, -0.1) is 0 Å². The quantitative estimate of drug-likeness (QED) is 0.646. The highest BCUT2D eigenvalue weighted by Crippen LogP contribution is 2.47. The Balaban J connectivity index is 1.80. The van der Waals surface area contributed by atoms with Crippen molar-refractivity contribution in [2.45, 2.75) is 46.8 Å². The molecule has 0 unspecified atom stereocenters. The lowest BCUT2D eigenvalue weighted by molar-refractivity contribution is -0.114. The number of anilines is 1. The summed E-state index contributed by atoms with van der Waals surface area (Å²) < 4.78 is 8.05. The van der Waals surface area contributed by atoms with E-state index in [0.717, 1.165) is 45.4 Å². The van der Waals surface area contributed by atoms with E-state index in [-0.39, 0.29) is 11.9 Å². The molecule has 150 valence electrons. The van der Waals surface area contributed by atoms with Crippen LogP contribution in [0.4, 0.5) is 5.13 Å². The predicted octanol–water partition coefficient (Wildman–Crippen LogP) is 4.92. The molecular formula is C21H23N5O2S. The number of carbonyl (C=O) groups is 1. The zero-order valence-corrected chi connectivity index (χ0v) is 17.7. The van der Waals surface area contributed by atoms with E-state index in [9.17, 15) is 4.79 Å². The van der Waals surface area contributed by atoms with E-state index in [0.29, 0.717) is 11.7 Å². The molecule has 1 aliphatic rings. The van der Waals surface area contributed by atoms with Crippen molar-refractivity contribution in [1.29, 1.82) is 0 Å². The summed E-state index contributed by atoms with van der Waals surface area (Å²) in [6.45, 7) is 8.08. The summed E-state index contributed by atoms with van der Waals surface area (Å²) in [6, 6.07) is 4.14. The molecule has 0 atom stereocenters. The Kier molecular flexibility index (Phi) is 5.19. The van der Waals surface area contributed by atoms with Crippen molar-refractivity contribution in [2.24, 2.45) is 0 Å². The van der Waals surface area contributed by atoms with Crippen LogP contribution in [0, 0.1) is 0 Å². The minimum atomic E-state index is -0.140. The molecule has 0 aromatic carbocycles. The van der Waals surface area contributed by atoms with Gasteiger partial charge in [0.2, 0.25) is 5.91 Å². The SMILES string of the molecule is CCC=Cc1ccc(-c2nn(C(C)C)c3c2OCc2nc(NC(C)=O)sc2-3)cn1. The van der Waals surface area contributed by atoms with E-state index < -0.39 is 0 Å². The maximum absolute atomic E-state index is 11.4. The number of thiazole rings is 1. The maximum Gasteiger partial charge on any atom is 0.223 e. The van der Waals surface area contributed by atoms with Crippen LogP contribution < -0.4 is 10.1 Å². The Labute approximate surface area is 173 Å². The lowest BCUT2D eigenvalue weighted by Crippen LogP contribution is -2.09. The maximum atomic E-state index is 11.4. The monoisotopic (exact) mass is 409 g/mol. The normalized spacial score (nSPS) is 12.7. The van der Waals surface area contributed by atoms with E-state index in [1.165, 1.54) is 18.3 Å². The van der Waals surface area contributed by atoms with Crippen molar-refractivity contribution in [3.8, 4) is 27.6 Å². The number of nitrogens with zero attached hydrogens (tertiary/aromatic N) is 4. The lowest BCUT2D eigenvalue weighted by Gasteiger charge is -2.16. The first kappa shape index (κ1) is 19.3. The molecule has 0 saturated carbocycles. The van der Waals surface area contributed by atoms with E-state index in [2.05, 4.69) is 42.1 Å². The smallest absolute Gasteiger partial charge is 0.223 e. The molecule has 0 fully saturated rings. The molecule has 29 heavy (non-hydrogen) atoms. The molecule has 0 saturated heterocycles. The zero-order valence-electron chi connectivity index (χ0n) is 16.9. The largest absolute Gasteiger partial charge is 0.483 e. The number of fused-ring (bicyclic) bond motifs is 3. The number of carbonyl (C=O) groups excluding carboxylic acids is 1. The van der Waals surface area contributed by atoms with Gasteiger partial charge in [0.1, 0.15) is 23.7 Å². The summed E-state index contributed by atoms with van der Waals surface area (Å²) in [7, 11) is 0. The van der Waals surface area contributed by atoms with E-state index in [1.54, 1.807) is 0 Å². The topological polar surface area (TPSA) is 81.9 Å². The van der Waals surface area contributed by atoms with Crippen molar-refractivity contribution in [3.05, 3.63) is 35.8 Å². The van der Waals surface area contributed by atoms with Crippen LogP contribution in [0.2, 0.25) is 0 Å². The lowest BCUT2D eigenvalue weighted by atomic mass is 10.1. The Hall–Kier alpha value is -3.00. The van der Waals surface area contributed by atoms with E-state index in [4.69, 9.17) is 9.84 Å². The molecule has 0 bridgehead atoms. The molecule has 4 rings (SSSR count). The van der Waals surface area contributed by atoms with Crippen LogP contribution in [-0.4, -0.2) is 25.7 Å². The fourth-order valence-corrected chi connectivity index (χ4v) is 4.24. The third-order valence-electron chi connectivity index (χ3n) is 4.49. The fraction of sp³-hybridized carbons (Fsp3) is 0.333. The second-order valence-electron chi connectivity index (χ2n) is 7.11. The number of allylic oxidation sites excluding steroid dienone is 1. The number of rotatable bonds is 5. The van der Waals surface area contributed by atoms with Gasteiger partial charge in [-0.05, 0) is 38.5 Å². The van der Waals surface area contributed by atoms with Crippen LogP contribution in [0.5, 0.6) is 5.75 Å². The van der Waals surface area contributed by atoms with Gasteiger partial charge in [-0.3, -0.25) is 14.5 Å². The highest BCUT2D eigenvalue weighted by atomic mass is 32.1. The second kappa shape index (κ2) is 7.79. The molecule has 3 aromatic rings. The van der Waals surface area contributed by atoms with Crippen molar-refractivity contribution >= 4 is 28.5 Å². The minimum Gasteiger partial charge on any atom is -0.483 e. The van der Waals surface area contributed by atoms with Crippen molar-refractivity contribution in [2.75, 3.05) is 5.32 Å². The van der Waals surface area contributed by atoms with Crippen molar-refractivity contribution in [3.63, 3.8) is 0 Å². The summed E-state index contributed by atoms with van der Waals surface area (Å²) in [5, 5.41) is 8.19. The minimum absolute atomic E-state index is 0.137. The van der Waals surface area contributed by atoms with Crippen LogP contribution in [-0.2, 0) is 11.4 Å². The molecule has 3 aromatic heterocycles. The van der Waals surface area contributed by atoms with Gasteiger partial charge in [0.05, 0.1) is 10.6 Å². The van der Waals surface area contributed by atoms with Crippen LogP contribution in [0.15, 0.2) is 24.4 Å². The van der Waals surface area contributed by atoms with Crippen LogP contribution >= 0.6 is 11.3 Å². The summed E-state index contributed by atoms with van der Waals surface area (Å²) in [4.78, 5) is 21.4. The van der Waals surface area contributed by atoms with Gasteiger partial charge in [0, 0.05) is 24.7 Å². The summed E-state index contributed by atoms with van der Waals surface area (Å²) in [6.07, 6.45) is 6.90. The average Bonchev–Trinajstić information content (AvgIpc) is 3.27. The fourth-order valence-electron chi connectivity index (χ4n) is 3.19. The summed E-state index contributed by atoms with van der Waals surface area (Å²) in [5.74, 6) is 0.599.